The molecule has 101 heavy (non-hydrogen) atoms. The highest BCUT2D eigenvalue weighted by Crippen LogP contribution is 2.28. The largest absolute Gasteiger partial charge is 0.507 e. The Morgan fingerprint density at radius 2 is 0.762 bits per heavy atom. The zero-order valence-electron chi connectivity index (χ0n) is 53.8. The highest BCUT2D eigenvalue weighted by Gasteiger charge is 2.27. The number of halogens is 8. The van der Waals surface area contributed by atoms with Gasteiger partial charge in [0.15, 0.2) is 0 Å². The number of nitrogens with zero attached hydrogens (tertiary/aromatic N) is 5. The monoisotopic (exact) mass is 1380 g/mol. The number of rotatable bonds is 18. The van der Waals surface area contributed by atoms with Crippen molar-refractivity contribution in [3.8, 4) is 22.3 Å². The van der Waals surface area contributed by atoms with Crippen LogP contribution in [-0.2, 0) is 45.1 Å². The van der Waals surface area contributed by atoms with Gasteiger partial charge in [-0.25, -0.2) is 39.9 Å². The maximum absolute atomic E-state index is 14.5. The molecule has 4 N–H and O–H groups in total. The van der Waals surface area contributed by atoms with Crippen molar-refractivity contribution in [3.05, 3.63) is 330 Å². The van der Waals surface area contributed by atoms with Crippen molar-refractivity contribution in [1.29, 1.82) is 0 Å². The number of carbonyl (C=O) groups is 4. The summed E-state index contributed by atoms with van der Waals surface area (Å²) in [5.41, 5.74) is 3.51. The molecule has 0 bridgehead atoms. The second-order valence-electron chi connectivity index (χ2n) is 23.6. The van der Waals surface area contributed by atoms with Crippen LogP contribution in [0.5, 0.6) is 0 Å². The normalized spacial score (nSPS) is 13.2. The third-order valence-electron chi connectivity index (χ3n) is 16.7. The Morgan fingerprint density at radius 1 is 0.406 bits per heavy atom. The van der Waals surface area contributed by atoms with Gasteiger partial charge in [0, 0.05) is 148 Å². The third kappa shape index (κ3) is 18.4. The van der Waals surface area contributed by atoms with E-state index in [2.05, 4.69) is 69.7 Å². The standard InChI is InChI=1S/C39H31F4N3O4.C23H15F4NO5.C16H18N2/c40-29-20-34(42)31(35(43)21-29)18-25-19-32(38(49)46(23-25)24-28-8-4-5-9-33(28)41)36(47)22-37(48)39(50)45-16-14-44(15-17-45)30-12-10-27(11-13-30)26-6-2-1-3-7-26;24-14-7-18(26)15(19(27)8-14)5-12-6-16(20(29)9-21(30)23(32)33)22(31)28(10-12)11-13-3-1-2-4-17(13)25;1-2-4-14(5-3-1)15-6-8-16(9-7-15)18-12-10-17-11-13-18/h1-13,19-23,47H,14-18,24H2;1-4,6-10,29H,5,11H2,(H,32,33);1-9,17H,10-13H2/b36-22-;20-9-;. The van der Waals surface area contributed by atoms with Crippen LogP contribution in [0, 0.1) is 46.5 Å². The number of amides is 1. The number of carbonyl (C=O) groups excluding carboxylic acids is 3. The lowest BCUT2D eigenvalue weighted by Gasteiger charge is -2.35. The molecule has 2 aliphatic heterocycles. The second kappa shape index (κ2) is 33.0. The van der Waals surface area contributed by atoms with Gasteiger partial charge in [-0.2, -0.15) is 0 Å². The number of aromatic nitrogens is 2. The molecule has 1 amide bonds. The topological polar surface area (TPSA) is 195 Å². The van der Waals surface area contributed by atoms with Crippen LogP contribution in [0.3, 0.4) is 0 Å². The Bertz CT molecular complexity index is 4820. The van der Waals surface area contributed by atoms with E-state index in [-0.39, 0.29) is 48.4 Å². The number of pyridine rings is 2. The smallest absolute Gasteiger partial charge is 0.376 e. The molecule has 23 heteroatoms. The van der Waals surface area contributed by atoms with Crippen molar-refractivity contribution in [2.75, 3.05) is 62.2 Å². The number of hydrogen-bond donors (Lipinski definition) is 4. The van der Waals surface area contributed by atoms with Gasteiger partial charge >= 0.3 is 5.97 Å². The maximum atomic E-state index is 14.5. The molecule has 2 fully saturated rings. The van der Waals surface area contributed by atoms with E-state index in [4.69, 9.17) is 5.11 Å². The number of ketones is 2. The molecule has 12 rings (SSSR count). The van der Waals surface area contributed by atoms with Crippen LogP contribution in [0.15, 0.2) is 228 Å². The van der Waals surface area contributed by atoms with E-state index in [1.807, 2.05) is 54.6 Å². The number of anilines is 2. The Kier molecular flexibility index (Phi) is 23.5. The molecule has 8 aromatic carbocycles. The van der Waals surface area contributed by atoms with E-state index in [0.717, 1.165) is 76.5 Å². The average molecular weight is 1380 g/mol. The fourth-order valence-corrected chi connectivity index (χ4v) is 11.5. The molecule has 2 aliphatic rings. The summed E-state index contributed by atoms with van der Waals surface area (Å²) in [6, 6.07) is 52.6. The first kappa shape index (κ1) is 71.8. The highest BCUT2D eigenvalue weighted by molar-refractivity contribution is 6.41. The van der Waals surface area contributed by atoms with Crippen LogP contribution in [0.1, 0.15) is 44.5 Å². The Morgan fingerprint density at radius 3 is 1.15 bits per heavy atom. The summed E-state index contributed by atoms with van der Waals surface area (Å²) in [4.78, 5) is 80.5. The minimum atomic E-state index is -1.89. The molecule has 15 nitrogen and oxygen atoms in total. The predicted molar refractivity (Wildman–Crippen MR) is 367 cm³/mol. The summed E-state index contributed by atoms with van der Waals surface area (Å²) >= 11 is 0. The third-order valence-corrected chi connectivity index (χ3v) is 16.7. The van der Waals surface area contributed by atoms with Gasteiger partial charge in [-0.05, 0) is 81.9 Å². The first-order chi connectivity index (χ1) is 48.6. The summed E-state index contributed by atoms with van der Waals surface area (Å²) < 4.78 is 115. The lowest BCUT2D eigenvalue weighted by Crippen LogP contribution is -2.50. The highest BCUT2D eigenvalue weighted by atomic mass is 19.2. The Balaban J connectivity index is 0.000000183. The molecular weight excluding hydrogens is 1320 g/mol. The molecular formula is C78H64F8N6O9. The molecule has 4 heterocycles. The number of aliphatic hydroxyl groups excluding tert-OH is 2. The van der Waals surface area contributed by atoms with Gasteiger partial charge in [0.05, 0.1) is 24.2 Å². The fourth-order valence-electron chi connectivity index (χ4n) is 11.5. The van der Waals surface area contributed by atoms with Gasteiger partial charge in [0.2, 0.25) is 5.78 Å². The van der Waals surface area contributed by atoms with Crippen molar-refractivity contribution >= 4 is 46.3 Å². The van der Waals surface area contributed by atoms with Crippen molar-refractivity contribution in [3.63, 3.8) is 0 Å². The quantitative estimate of drug-likeness (QED) is 0.0275. The van der Waals surface area contributed by atoms with Crippen molar-refractivity contribution in [2.24, 2.45) is 0 Å². The van der Waals surface area contributed by atoms with E-state index in [1.54, 1.807) is 6.07 Å². The molecule has 0 spiro atoms. The molecule has 2 aromatic heterocycles. The van der Waals surface area contributed by atoms with E-state index in [0.29, 0.717) is 49.5 Å². The first-order valence-corrected chi connectivity index (χ1v) is 31.7. The van der Waals surface area contributed by atoms with E-state index in [1.165, 1.54) is 64.3 Å². The Labute approximate surface area is 573 Å². The number of piperazine rings is 2. The zero-order chi connectivity index (χ0) is 71.9. The molecule has 0 aliphatic carbocycles. The minimum absolute atomic E-state index is 0.0353. The molecule has 0 radical (unpaired) electrons. The summed E-state index contributed by atoms with van der Waals surface area (Å²) in [6.45, 7) is 5.09. The summed E-state index contributed by atoms with van der Waals surface area (Å²) in [5.74, 6) is -15.5. The second-order valence-corrected chi connectivity index (χ2v) is 23.6. The lowest BCUT2D eigenvalue weighted by molar-refractivity contribution is -0.146. The van der Waals surface area contributed by atoms with Gasteiger partial charge < -0.3 is 44.5 Å². The molecule has 0 atom stereocenters. The van der Waals surface area contributed by atoms with Crippen LogP contribution >= 0.6 is 0 Å². The number of nitrogens with one attached hydrogen (secondary N) is 1. The number of aliphatic hydroxyl groups is 2. The average Bonchev–Trinajstić information content (AvgIpc) is 0.806. The molecule has 0 saturated carbocycles. The maximum Gasteiger partial charge on any atom is 0.376 e. The van der Waals surface area contributed by atoms with Crippen LogP contribution in [0.2, 0.25) is 0 Å². The molecule has 2 saturated heterocycles. The number of aliphatic carboxylic acids is 1. The molecule has 516 valence electrons. The van der Waals surface area contributed by atoms with Gasteiger partial charge in [-0.15, -0.1) is 0 Å². The van der Waals surface area contributed by atoms with Crippen LogP contribution in [0.4, 0.5) is 46.5 Å². The first-order valence-electron chi connectivity index (χ1n) is 31.7. The van der Waals surface area contributed by atoms with E-state index in [9.17, 15) is 74.1 Å². The SMILES string of the molecule is O=C(/C=C(\O)c1cc(Cc2c(F)cc(F)cc2F)cn(Cc2ccccc2F)c1=O)C(=O)N1CCN(c2ccc(-c3ccccc3)cc2)CC1.O=C(O)C(=O)/C=C(\O)c1cc(Cc2c(F)cc(F)cc2F)cn(Cc2ccccc2F)c1=O.c1ccc(-c2ccc(N3CCNCC3)cc2)cc1. The molecule has 10 aromatic rings. The summed E-state index contributed by atoms with van der Waals surface area (Å²) in [7, 11) is 0. The number of benzene rings is 8. The van der Waals surface area contributed by atoms with E-state index < -0.39 is 128 Å². The van der Waals surface area contributed by atoms with Crippen molar-refractivity contribution < 1.29 is 69.6 Å². The molecule has 0 unspecified atom stereocenters. The number of carboxylic acids is 1. The lowest BCUT2D eigenvalue weighted by atomic mass is 10.0. The summed E-state index contributed by atoms with van der Waals surface area (Å²) in [5, 5.41) is 33.3. The minimum Gasteiger partial charge on any atom is -0.507 e. The van der Waals surface area contributed by atoms with Gasteiger partial charge in [0.25, 0.3) is 22.8 Å². The van der Waals surface area contributed by atoms with Crippen LogP contribution < -0.4 is 26.2 Å². The predicted octanol–water partition coefficient (Wildman–Crippen LogP) is 12.9. The van der Waals surface area contributed by atoms with Crippen molar-refractivity contribution in [1.82, 2.24) is 19.4 Å². The van der Waals surface area contributed by atoms with Gasteiger partial charge in [0.1, 0.15) is 58.1 Å². The zero-order valence-corrected chi connectivity index (χ0v) is 53.8. The van der Waals surface area contributed by atoms with Crippen LogP contribution in [-0.4, -0.2) is 105 Å². The van der Waals surface area contributed by atoms with Crippen molar-refractivity contribution in [2.45, 2.75) is 25.9 Å². The van der Waals surface area contributed by atoms with Gasteiger partial charge in [-0.1, -0.05) is 121 Å². The number of hydrogen-bond acceptors (Lipinski definition) is 11. The van der Waals surface area contributed by atoms with Gasteiger partial charge in [-0.3, -0.25) is 24.0 Å². The fraction of sp³-hybridized carbons (Fsp3) is 0.154. The number of carboxylic acid groups (broad SMARTS) is 1. The van der Waals surface area contributed by atoms with E-state index >= 15 is 0 Å². The van der Waals surface area contributed by atoms with Crippen LogP contribution in [0.25, 0.3) is 33.8 Å². The summed E-state index contributed by atoms with van der Waals surface area (Å²) in [6.07, 6.45) is 2.35. The Hall–Kier alpha value is -12.0.